The van der Waals surface area contributed by atoms with E-state index in [4.69, 9.17) is 0 Å². The number of hydrogen-bond donors (Lipinski definition) is 2. The number of nitrogens with one attached hydrogen (secondary N) is 2. The van der Waals surface area contributed by atoms with E-state index in [1.165, 1.54) is 6.07 Å². The second-order valence-electron chi connectivity index (χ2n) is 4.17. The molecule has 4 nitrogen and oxygen atoms in total. The quantitative estimate of drug-likeness (QED) is 0.802. The van der Waals surface area contributed by atoms with Crippen molar-refractivity contribution in [2.45, 2.75) is 36.1 Å². The lowest BCUT2D eigenvalue weighted by Gasteiger charge is -2.03. The second kappa shape index (κ2) is 5.60. The molecule has 2 rings (SSSR count). The van der Waals surface area contributed by atoms with Gasteiger partial charge in [0, 0.05) is 12.6 Å². The molecule has 18 heavy (non-hydrogen) atoms. The second-order valence-corrected chi connectivity index (χ2v) is 7.08. The van der Waals surface area contributed by atoms with Crippen molar-refractivity contribution in [2.75, 3.05) is 6.54 Å². The van der Waals surface area contributed by atoms with E-state index in [-0.39, 0.29) is 4.21 Å². The third kappa shape index (κ3) is 3.98. The smallest absolute Gasteiger partial charge is 0.251 e. The van der Waals surface area contributed by atoms with E-state index in [1.807, 2.05) is 4.72 Å². The molecule has 0 amide bonds. The molecular weight excluding hydrogens is 282 g/mol. The summed E-state index contributed by atoms with van der Waals surface area (Å²) >= 11 is 1.04. The van der Waals surface area contributed by atoms with Crippen LogP contribution in [0, 0.1) is 0 Å². The number of halogens is 2. The Morgan fingerprint density at radius 3 is 2.78 bits per heavy atom. The first kappa shape index (κ1) is 13.9. The van der Waals surface area contributed by atoms with Crippen LogP contribution < -0.4 is 10.0 Å². The topological polar surface area (TPSA) is 58.2 Å². The normalized spacial score (nSPS) is 16.4. The molecule has 0 radical (unpaired) electrons. The summed E-state index contributed by atoms with van der Waals surface area (Å²) in [5, 5.41) is 4.99. The van der Waals surface area contributed by atoms with E-state index in [2.05, 4.69) is 5.32 Å². The fourth-order valence-electron chi connectivity index (χ4n) is 1.38. The molecule has 1 heterocycles. The summed E-state index contributed by atoms with van der Waals surface area (Å²) in [5.74, 6) is 0. The van der Waals surface area contributed by atoms with Crippen LogP contribution in [0.2, 0.25) is 0 Å². The standard InChI is InChI=1S/C10H14F2N2O2S2/c11-9(12)5-14-18(15,16)10-3-7(6-17-10)4-13-8-1-2-8/h3,6,8-9,13-14H,1-2,4-5H2. The van der Waals surface area contributed by atoms with Crippen LogP contribution in [-0.2, 0) is 16.6 Å². The zero-order valence-electron chi connectivity index (χ0n) is 9.53. The van der Waals surface area contributed by atoms with Crippen LogP contribution in [0.3, 0.4) is 0 Å². The lowest BCUT2D eigenvalue weighted by molar-refractivity contribution is 0.153. The lowest BCUT2D eigenvalue weighted by atomic mass is 10.3. The Kier molecular flexibility index (Phi) is 4.31. The van der Waals surface area contributed by atoms with Gasteiger partial charge in [-0.15, -0.1) is 11.3 Å². The van der Waals surface area contributed by atoms with E-state index in [1.54, 1.807) is 5.38 Å². The number of hydrogen-bond acceptors (Lipinski definition) is 4. The van der Waals surface area contributed by atoms with Crippen molar-refractivity contribution in [3.05, 3.63) is 17.0 Å². The molecule has 1 aromatic rings. The Balaban J connectivity index is 1.94. The minimum absolute atomic E-state index is 0.0794. The summed E-state index contributed by atoms with van der Waals surface area (Å²) in [6, 6.07) is 2.07. The van der Waals surface area contributed by atoms with Crippen LogP contribution in [0.25, 0.3) is 0 Å². The van der Waals surface area contributed by atoms with Gasteiger partial charge in [-0.1, -0.05) is 0 Å². The predicted molar refractivity (Wildman–Crippen MR) is 65.4 cm³/mol. The van der Waals surface area contributed by atoms with Crippen LogP contribution in [0.5, 0.6) is 0 Å². The van der Waals surface area contributed by atoms with Gasteiger partial charge in [0.05, 0.1) is 6.54 Å². The zero-order valence-corrected chi connectivity index (χ0v) is 11.2. The predicted octanol–water partition coefficient (Wildman–Crippen LogP) is 1.54. The van der Waals surface area contributed by atoms with Crippen LogP contribution in [0.1, 0.15) is 18.4 Å². The average Bonchev–Trinajstić information content (AvgIpc) is 3.00. The van der Waals surface area contributed by atoms with Gasteiger partial charge < -0.3 is 5.32 Å². The van der Waals surface area contributed by atoms with Crippen LogP contribution in [0.15, 0.2) is 15.7 Å². The summed E-state index contributed by atoms with van der Waals surface area (Å²) in [5.41, 5.74) is 0.865. The van der Waals surface area contributed by atoms with Gasteiger partial charge in [-0.2, -0.15) is 0 Å². The number of thiophene rings is 1. The van der Waals surface area contributed by atoms with Gasteiger partial charge in [0.25, 0.3) is 6.43 Å². The highest BCUT2D eigenvalue weighted by Gasteiger charge is 2.21. The molecule has 0 atom stereocenters. The van der Waals surface area contributed by atoms with Crippen molar-refractivity contribution < 1.29 is 17.2 Å². The molecule has 1 aliphatic rings. The van der Waals surface area contributed by atoms with E-state index >= 15 is 0 Å². The molecule has 2 N–H and O–H groups in total. The molecule has 0 bridgehead atoms. The van der Waals surface area contributed by atoms with E-state index in [0.717, 1.165) is 29.7 Å². The average molecular weight is 296 g/mol. The number of alkyl halides is 2. The molecule has 1 saturated carbocycles. The Morgan fingerprint density at radius 1 is 1.44 bits per heavy atom. The molecule has 0 unspecified atom stereocenters. The summed E-state index contributed by atoms with van der Waals surface area (Å²) in [7, 11) is -3.80. The summed E-state index contributed by atoms with van der Waals surface area (Å²) < 4.78 is 49.2. The van der Waals surface area contributed by atoms with E-state index in [0.29, 0.717) is 12.6 Å². The minimum atomic E-state index is -3.80. The van der Waals surface area contributed by atoms with Gasteiger partial charge in [0.15, 0.2) is 0 Å². The van der Waals surface area contributed by atoms with Crippen molar-refractivity contribution in [3.63, 3.8) is 0 Å². The fourth-order valence-corrected chi connectivity index (χ4v) is 3.64. The third-order valence-electron chi connectivity index (χ3n) is 2.49. The maximum atomic E-state index is 12.0. The van der Waals surface area contributed by atoms with Gasteiger partial charge >= 0.3 is 0 Å². The van der Waals surface area contributed by atoms with Crippen molar-refractivity contribution >= 4 is 21.4 Å². The molecule has 0 saturated heterocycles. The van der Waals surface area contributed by atoms with Crippen LogP contribution in [-0.4, -0.2) is 27.4 Å². The summed E-state index contributed by atoms with van der Waals surface area (Å²) in [6.45, 7) is -0.235. The molecule has 1 aliphatic carbocycles. The minimum Gasteiger partial charge on any atom is -0.310 e. The van der Waals surface area contributed by atoms with Gasteiger partial charge in [0.1, 0.15) is 4.21 Å². The highest BCUT2D eigenvalue weighted by Crippen LogP contribution is 2.23. The SMILES string of the molecule is O=S(=O)(NCC(F)F)c1cc(CNC2CC2)cs1. The number of sulfonamides is 1. The van der Waals surface area contributed by atoms with Crippen LogP contribution in [0.4, 0.5) is 8.78 Å². The molecule has 0 aromatic carbocycles. The highest BCUT2D eigenvalue weighted by atomic mass is 32.2. The molecular formula is C10H14F2N2O2S2. The Bertz CT molecular complexity index is 498. The van der Waals surface area contributed by atoms with Gasteiger partial charge in [-0.3, -0.25) is 0 Å². The van der Waals surface area contributed by atoms with Crippen molar-refractivity contribution in [2.24, 2.45) is 0 Å². The summed E-state index contributed by atoms with van der Waals surface area (Å²) in [6.07, 6.45) is -0.369. The molecule has 1 aromatic heterocycles. The van der Waals surface area contributed by atoms with Gasteiger partial charge in [-0.05, 0) is 29.9 Å². The molecule has 1 fully saturated rings. The molecule has 102 valence electrons. The molecule has 8 heteroatoms. The van der Waals surface area contributed by atoms with Gasteiger partial charge in [0.2, 0.25) is 10.0 Å². The maximum Gasteiger partial charge on any atom is 0.251 e. The van der Waals surface area contributed by atoms with Crippen molar-refractivity contribution in [3.8, 4) is 0 Å². The largest absolute Gasteiger partial charge is 0.310 e. The first-order valence-electron chi connectivity index (χ1n) is 5.56. The first-order valence-corrected chi connectivity index (χ1v) is 7.92. The fraction of sp³-hybridized carbons (Fsp3) is 0.600. The maximum absolute atomic E-state index is 12.0. The monoisotopic (exact) mass is 296 g/mol. The van der Waals surface area contributed by atoms with E-state index in [9.17, 15) is 17.2 Å². The van der Waals surface area contributed by atoms with Gasteiger partial charge in [-0.25, -0.2) is 21.9 Å². The summed E-state index contributed by atoms with van der Waals surface area (Å²) in [4.78, 5) is 0. The Hall–Kier alpha value is -0.570. The van der Waals surface area contributed by atoms with Crippen molar-refractivity contribution in [1.29, 1.82) is 0 Å². The molecule has 0 aliphatic heterocycles. The van der Waals surface area contributed by atoms with Crippen molar-refractivity contribution in [1.82, 2.24) is 10.0 Å². The highest BCUT2D eigenvalue weighted by molar-refractivity contribution is 7.91. The van der Waals surface area contributed by atoms with Crippen LogP contribution >= 0.6 is 11.3 Å². The third-order valence-corrected chi connectivity index (χ3v) is 5.41. The molecule has 0 spiro atoms. The lowest BCUT2D eigenvalue weighted by Crippen LogP contribution is -2.28. The zero-order chi connectivity index (χ0) is 13.2. The Labute approximate surface area is 108 Å². The number of rotatable bonds is 7. The first-order chi connectivity index (χ1) is 8.47. The van der Waals surface area contributed by atoms with E-state index < -0.39 is 23.0 Å². The Morgan fingerprint density at radius 2 is 2.17 bits per heavy atom.